The molecule has 4 amide bonds. The largest absolute Gasteiger partial charge is 0.489 e. The molecule has 0 bridgehead atoms. The van der Waals surface area contributed by atoms with Crippen molar-refractivity contribution >= 4 is 28.7 Å². The topological polar surface area (TPSA) is 121 Å². The molecule has 2 aliphatic heterocycles. The molecule has 0 aliphatic carbocycles. The zero-order chi connectivity index (χ0) is 23.7. The summed E-state index contributed by atoms with van der Waals surface area (Å²) in [7, 11) is 0. The Labute approximate surface area is 196 Å². The van der Waals surface area contributed by atoms with Crippen LogP contribution in [-0.4, -0.2) is 48.0 Å². The number of urea groups is 1. The summed E-state index contributed by atoms with van der Waals surface area (Å²) >= 11 is 0. The zero-order valence-electron chi connectivity index (χ0n) is 18.7. The second kappa shape index (κ2) is 8.75. The van der Waals surface area contributed by atoms with Gasteiger partial charge in [-0.15, -0.1) is 0 Å². The van der Waals surface area contributed by atoms with Gasteiger partial charge >= 0.3 is 6.03 Å². The van der Waals surface area contributed by atoms with Gasteiger partial charge in [0.1, 0.15) is 17.9 Å². The summed E-state index contributed by atoms with van der Waals surface area (Å²) < 4.78 is 5.96. The normalized spacial score (nSPS) is 21.5. The van der Waals surface area contributed by atoms with Crippen LogP contribution in [0.1, 0.15) is 21.6 Å². The van der Waals surface area contributed by atoms with Gasteiger partial charge in [-0.2, -0.15) is 0 Å². The molecule has 34 heavy (non-hydrogen) atoms. The van der Waals surface area contributed by atoms with E-state index in [0.29, 0.717) is 31.0 Å². The highest BCUT2D eigenvalue weighted by Crippen LogP contribution is 2.25. The smallest absolute Gasteiger partial charge is 0.322 e. The minimum absolute atomic E-state index is 0.246. The van der Waals surface area contributed by atoms with Crippen LogP contribution in [0, 0.1) is 12.8 Å². The third kappa shape index (κ3) is 4.06. The summed E-state index contributed by atoms with van der Waals surface area (Å²) in [6.07, 6.45) is 0. The molecule has 4 N–H and O–H groups in total. The van der Waals surface area contributed by atoms with E-state index >= 15 is 0 Å². The van der Waals surface area contributed by atoms with E-state index < -0.39 is 11.6 Å². The van der Waals surface area contributed by atoms with Gasteiger partial charge in [-0.25, -0.2) is 4.79 Å². The first-order chi connectivity index (χ1) is 16.4. The molecule has 3 heterocycles. The lowest BCUT2D eigenvalue weighted by Gasteiger charge is -2.27. The number of ether oxygens (including phenoxy) is 1. The fourth-order valence-corrected chi connectivity index (χ4v) is 4.62. The molecule has 2 saturated heterocycles. The van der Waals surface area contributed by atoms with E-state index in [0.717, 1.165) is 22.2 Å². The van der Waals surface area contributed by atoms with Gasteiger partial charge in [0.15, 0.2) is 0 Å². The highest BCUT2D eigenvalue weighted by atomic mass is 16.5. The number of amides is 4. The lowest BCUT2D eigenvalue weighted by atomic mass is 9.87. The van der Waals surface area contributed by atoms with Crippen molar-refractivity contribution in [1.29, 1.82) is 0 Å². The van der Waals surface area contributed by atoms with Crippen molar-refractivity contribution < 1.29 is 19.1 Å². The van der Waals surface area contributed by atoms with Crippen LogP contribution in [0.2, 0.25) is 0 Å². The number of hydrogen-bond donors (Lipinski definition) is 4. The van der Waals surface area contributed by atoms with Crippen LogP contribution in [0.15, 0.2) is 54.6 Å². The molecule has 1 spiro atoms. The highest BCUT2D eigenvalue weighted by Gasteiger charge is 2.54. The average Bonchev–Trinajstić information content (AvgIpc) is 3.37. The standard InChI is InChI=1S/C25H25N5O4/c1-15-10-17(20-4-2-3-5-21(20)28-15)13-34-19-8-6-16(7-9-19)22(31)27-12-18-11-26-14-25(18)23(32)29-24(33)30-25/h2-10,18,26H,11-14H2,1H3,(H,27,31)(H2,29,30,32,33)/t18-,25-/m0/s1. The molecule has 2 aliphatic rings. The molecule has 2 atom stereocenters. The number of benzene rings is 2. The van der Waals surface area contributed by atoms with Crippen molar-refractivity contribution in [2.24, 2.45) is 5.92 Å². The lowest BCUT2D eigenvalue weighted by Crippen LogP contribution is -2.56. The lowest BCUT2D eigenvalue weighted by molar-refractivity contribution is -0.124. The van der Waals surface area contributed by atoms with Crippen molar-refractivity contribution in [3.63, 3.8) is 0 Å². The Hall–Kier alpha value is -3.98. The molecule has 174 valence electrons. The molecule has 0 radical (unpaired) electrons. The SMILES string of the molecule is Cc1cc(COc2ccc(C(=O)NC[C@@H]3CNC[C@]34NC(=O)NC4=O)cc2)c2ccccc2n1. The van der Waals surface area contributed by atoms with E-state index in [1.54, 1.807) is 24.3 Å². The Morgan fingerprint density at radius 1 is 1.18 bits per heavy atom. The maximum Gasteiger partial charge on any atom is 0.322 e. The minimum Gasteiger partial charge on any atom is -0.489 e. The van der Waals surface area contributed by atoms with Gasteiger partial charge in [0.05, 0.1) is 5.52 Å². The summed E-state index contributed by atoms with van der Waals surface area (Å²) in [6, 6.07) is 16.4. The summed E-state index contributed by atoms with van der Waals surface area (Å²) in [4.78, 5) is 41.1. The Morgan fingerprint density at radius 3 is 2.74 bits per heavy atom. The number of rotatable bonds is 6. The number of nitrogens with zero attached hydrogens (tertiary/aromatic N) is 1. The van der Waals surface area contributed by atoms with Gasteiger partial charge in [-0.05, 0) is 43.3 Å². The van der Waals surface area contributed by atoms with Crippen LogP contribution in [-0.2, 0) is 11.4 Å². The van der Waals surface area contributed by atoms with Crippen LogP contribution >= 0.6 is 0 Å². The van der Waals surface area contributed by atoms with E-state index in [4.69, 9.17) is 4.74 Å². The maximum atomic E-state index is 12.7. The predicted octanol–water partition coefficient (Wildman–Crippen LogP) is 1.65. The molecule has 9 heteroatoms. The van der Waals surface area contributed by atoms with Crippen molar-refractivity contribution in [2.75, 3.05) is 19.6 Å². The third-order valence-corrected chi connectivity index (χ3v) is 6.41. The van der Waals surface area contributed by atoms with Gasteiger partial charge in [-0.1, -0.05) is 18.2 Å². The van der Waals surface area contributed by atoms with E-state index in [-0.39, 0.29) is 24.3 Å². The molecule has 0 unspecified atom stereocenters. The van der Waals surface area contributed by atoms with Crippen molar-refractivity contribution in [2.45, 2.75) is 19.1 Å². The first kappa shape index (κ1) is 21.8. The number of fused-ring (bicyclic) bond motifs is 1. The van der Waals surface area contributed by atoms with Crippen LogP contribution in [0.4, 0.5) is 4.79 Å². The second-order valence-corrected chi connectivity index (χ2v) is 8.67. The molecular weight excluding hydrogens is 434 g/mol. The zero-order valence-corrected chi connectivity index (χ0v) is 18.7. The number of carbonyl (C=O) groups excluding carboxylic acids is 3. The summed E-state index contributed by atoms with van der Waals surface area (Å²) in [5, 5.41) is 12.0. The van der Waals surface area contributed by atoms with E-state index in [2.05, 4.69) is 26.3 Å². The number of nitrogens with one attached hydrogen (secondary N) is 4. The monoisotopic (exact) mass is 459 g/mol. The average molecular weight is 460 g/mol. The number of aryl methyl sites for hydroxylation is 1. The van der Waals surface area contributed by atoms with Crippen LogP contribution < -0.4 is 26.0 Å². The Morgan fingerprint density at radius 2 is 1.97 bits per heavy atom. The Balaban J connectivity index is 1.20. The molecule has 2 aromatic carbocycles. The fraction of sp³-hybridized carbons (Fsp3) is 0.280. The van der Waals surface area contributed by atoms with Crippen LogP contribution in [0.3, 0.4) is 0 Å². The number of carbonyl (C=O) groups is 3. The van der Waals surface area contributed by atoms with E-state index in [1.165, 1.54) is 0 Å². The van der Waals surface area contributed by atoms with Crippen molar-refractivity contribution in [3.05, 3.63) is 71.4 Å². The molecule has 0 saturated carbocycles. The molecule has 3 aromatic rings. The first-order valence-corrected chi connectivity index (χ1v) is 11.2. The fourth-order valence-electron chi connectivity index (χ4n) is 4.62. The predicted molar refractivity (Wildman–Crippen MR) is 125 cm³/mol. The van der Waals surface area contributed by atoms with Crippen molar-refractivity contribution in [1.82, 2.24) is 26.3 Å². The Bertz CT molecular complexity index is 1280. The van der Waals surface area contributed by atoms with Gasteiger partial charge in [0.25, 0.3) is 11.8 Å². The number of hydrogen-bond acceptors (Lipinski definition) is 6. The van der Waals surface area contributed by atoms with E-state index in [1.807, 2.05) is 37.3 Å². The van der Waals surface area contributed by atoms with Gasteiger partial charge in [0.2, 0.25) is 0 Å². The molecule has 5 rings (SSSR count). The van der Waals surface area contributed by atoms with E-state index in [9.17, 15) is 14.4 Å². The third-order valence-electron chi connectivity index (χ3n) is 6.41. The summed E-state index contributed by atoms with van der Waals surface area (Å²) in [6.45, 7) is 3.46. The number of imide groups is 1. The minimum atomic E-state index is -1.02. The molecule has 2 fully saturated rings. The Kier molecular flexibility index (Phi) is 5.62. The van der Waals surface area contributed by atoms with Gasteiger partial charge in [-0.3, -0.25) is 19.9 Å². The van der Waals surface area contributed by atoms with Gasteiger partial charge in [0, 0.05) is 47.8 Å². The number of aromatic nitrogens is 1. The summed E-state index contributed by atoms with van der Waals surface area (Å²) in [5.41, 5.74) is 2.38. The highest BCUT2D eigenvalue weighted by molar-refractivity contribution is 6.07. The summed E-state index contributed by atoms with van der Waals surface area (Å²) in [5.74, 6) is -0.210. The number of para-hydroxylation sites is 1. The molecule has 1 aromatic heterocycles. The van der Waals surface area contributed by atoms with Crippen LogP contribution in [0.5, 0.6) is 5.75 Å². The van der Waals surface area contributed by atoms with Crippen molar-refractivity contribution in [3.8, 4) is 5.75 Å². The first-order valence-electron chi connectivity index (χ1n) is 11.2. The number of pyridine rings is 1. The quantitative estimate of drug-likeness (QED) is 0.416. The molecule has 9 nitrogen and oxygen atoms in total. The van der Waals surface area contributed by atoms with Gasteiger partial charge < -0.3 is 20.7 Å². The molecular formula is C25H25N5O4. The maximum absolute atomic E-state index is 12.7. The second-order valence-electron chi connectivity index (χ2n) is 8.67. The van der Waals surface area contributed by atoms with Crippen LogP contribution in [0.25, 0.3) is 10.9 Å².